The van der Waals surface area contributed by atoms with Crippen LogP contribution >= 0.6 is 0 Å². The highest BCUT2D eigenvalue weighted by atomic mass is 15.2. The molecule has 0 fully saturated rings. The SMILES string of the molecule is [CH2]C(NC)(NC)C(C)NC. The summed E-state index contributed by atoms with van der Waals surface area (Å²) >= 11 is 0. The number of hydrogen-bond acceptors (Lipinski definition) is 3. The summed E-state index contributed by atoms with van der Waals surface area (Å²) in [6.45, 7) is 6.06. The van der Waals surface area contributed by atoms with Crippen LogP contribution in [0.2, 0.25) is 0 Å². The average Bonchev–Trinajstić information content (AvgIpc) is 2.01. The standard InChI is InChI=1S/C7H18N3/c1-6(8-3)7(2,9-4)10-5/h6,8-10H,2H2,1,3-5H3. The summed E-state index contributed by atoms with van der Waals surface area (Å²) in [5, 5.41) is 9.31. The van der Waals surface area contributed by atoms with Gasteiger partial charge in [-0.1, -0.05) is 0 Å². The third kappa shape index (κ3) is 1.94. The maximum absolute atomic E-state index is 3.99. The van der Waals surface area contributed by atoms with Crippen molar-refractivity contribution in [2.45, 2.75) is 18.6 Å². The van der Waals surface area contributed by atoms with Gasteiger partial charge in [-0.15, -0.1) is 0 Å². The summed E-state index contributed by atoms with van der Waals surface area (Å²) in [7, 11) is 5.69. The molecule has 3 heteroatoms. The van der Waals surface area contributed by atoms with E-state index in [-0.39, 0.29) is 5.66 Å². The molecule has 61 valence electrons. The Morgan fingerprint density at radius 2 is 1.60 bits per heavy atom. The van der Waals surface area contributed by atoms with Crippen molar-refractivity contribution < 1.29 is 0 Å². The minimum atomic E-state index is -0.269. The molecule has 1 unspecified atom stereocenters. The van der Waals surface area contributed by atoms with Gasteiger partial charge >= 0.3 is 0 Å². The predicted molar refractivity (Wildman–Crippen MR) is 44.7 cm³/mol. The Labute approximate surface area is 63.6 Å². The van der Waals surface area contributed by atoms with Gasteiger partial charge in [0.1, 0.15) is 0 Å². The molecule has 0 aromatic carbocycles. The van der Waals surface area contributed by atoms with E-state index in [2.05, 4.69) is 29.8 Å². The number of likely N-dealkylation sites (N-methyl/N-ethyl adjacent to an activating group) is 3. The largest absolute Gasteiger partial charge is 0.314 e. The van der Waals surface area contributed by atoms with Crippen LogP contribution in [0.4, 0.5) is 0 Å². The van der Waals surface area contributed by atoms with Crippen LogP contribution in [0, 0.1) is 6.92 Å². The fourth-order valence-corrected chi connectivity index (χ4v) is 0.804. The summed E-state index contributed by atoms with van der Waals surface area (Å²) in [5.41, 5.74) is -0.269. The van der Waals surface area contributed by atoms with Gasteiger partial charge in [-0.25, -0.2) is 0 Å². The van der Waals surface area contributed by atoms with Gasteiger partial charge in [0.2, 0.25) is 0 Å². The molecule has 0 saturated carbocycles. The molecule has 3 nitrogen and oxygen atoms in total. The highest BCUT2D eigenvalue weighted by Gasteiger charge is 2.25. The summed E-state index contributed by atoms with van der Waals surface area (Å²) < 4.78 is 0. The molecule has 0 bridgehead atoms. The Balaban J connectivity index is 4.02. The van der Waals surface area contributed by atoms with E-state index >= 15 is 0 Å². The molecule has 0 aliphatic rings. The summed E-state index contributed by atoms with van der Waals surface area (Å²) in [5.74, 6) is 0. The van der Waals surface area contributed by atoms with E-state index in [1.165, 1.54) is 0 Å². The smallest absolute Gasteiger partial charge is 0.0838 e. The molecule has 0 aliphatic heterocycles. The topological polar surface area (TPSA) is 36.1 Å². The minimum Gasteiger partial charge on any atom is -0.314 e. The lowest BCUT2D eigenvalue weighted by Crippen LogP contribution is -2.62. The summed E-state index contributed by atoms with van der Waals surface area (Å²) in [6, 6.07) is 0.294. The molecule has 0 aromatic heterocycles. The molecule has 3 N–H and O–H groups in total. The van der Waals surface area contributed by atoms with Gasteiger partial charge < -0.3 is 16.0 Å². The quantitative estimate of drug-likeness (QED) is 0.468. The Morgan fingerprint density at radius 3 is 1.70 bits per heavy atom. The Morgan fingerprint density at radius 1 is 1.20 bits per heavy atom. The average molecular weight is 144 g/mol. The van der Waals surface area contributed by atoms with E-state index in [1.807, 2.05) is 21.1 Å². The van der Waals surface area contributed by atoms with Crippen molar-refractivity contribution in [2.24, 2.45) is 0 Å². The number of nitrogens with one attached hydrogen (secondary N) is 3. The van der Waals surface area contributed by atoms with E-state index in [4.69, 9.17) is 0 Å². The van der Waals surface area contributed by atoms with E-state index in [0.717, 1.165) is 0 Å². The van der Waals surface area contributed by atoms with Gasteiger partial charge in [-0.05, 0) is 35.0 Å². The molecule has 0 saturated heterocycles. The first-order valence-corrected chi connectivity index (χ1v) is 3.51. The maximum atomic E-state index is 3.99. The Kier molecular flexibility index (Phi) is 3.86. The van der Waals surface area contributed by atoms with Crippen LogP contribution in [0.3, 0.4) is 0 Å². The molecule has 1 radical (unpaired) electrons. The van der Waals surface area contributed by atoms with Crippen molar-refractivity contribution in [2.75, 3.05) is 21.1 Å². The van der Waals surface area contributed by atoms with Crippen molar-refractivity contribution in [1.29, 1.82) is 0 Å². The molecular formula is C7H18N3. The molecule has 10 heavy (non-hydrogen) atoms. The molecule has 0 aliphatic carbocycles. The van der Waals surface area contributed by atoms with Crippen molar-refractivity contribution in [3.63, 3.8) is 0 Å². The number of hydrogen-bond donors (Lipinski definition) is 3. The van der Waals surface area contributed by atoms with Crippen molar-refractivity contribution in [3.05, 3.63) is 6.92 Å². The second-order valence-electron chi connectivity index (χ2n) is 2.48. The van der Waals surface area contributed by atoms with Crippen LogP contribution in [-0.2, 0) is 0 Å². The zero-order chi connectivity index (χ0) is 8.20. The third-order valence-corrected chi connectivity index (χ3v) is 2.06. The molecular weight excluding hydrogens is 126 g/mol. The van der Waals surface area contributed by atoms with E-state index in [9.17, 15) is 0 Å². The van der Waals surface area contributed by atoms with E-state index in [0.29, 0.717) is 6.04 Å². The van der Waals surface area contributed by atoms with Crippen LogP contribution in [0.25, 0.3) is 0 Å². The fraction of sp³-hybridized carbons (Fsp3) is 0.857. The third-order valence-electron chi connectivity index (χ3n) is 2.06. The molecule has 0 amide bonds. The normalized spacial score (nSPS) is 15.3. The number of rotatable bonds is 4. The first-order valence-electron chi connectivity index (χ1n) is 3.51. The lowest BCUT2D eigenvalue weighted by Gasteiger charge is -2.34. The first-order chi connectivity index (χ1) is 4.60. The first kappa shape index (κ1) is 9.88. The predicted octanol–water partition coefficient (Wildman–Crippen LogP) is -0.437. The van der Waals surface area contributed by atoms with E-state index in [1.54, 1.807) is 0 Å². The molecule has 0 aromatic rings. The lowest BCUT2D eigenvalue weighted by atomic mass is 10.1. The van der Waals surface area contributed by atoms with Crippen molar-refractivity contribution >= 4 is 0 Å². The fourth-order valence-electron chi connectivity index (χ4n) is 0.804. The molecule has 0 rings (SSSR count). The monoisotopic (exact) mass is 144 g/mol. The van der Waals surface area contributed by atoms with Gasteiger partial charge in [-0.2, -0.15) is 0 Å². The highest BCUT2D eigenvalue weighted by Crippen LogP contribution is 2.01. The van der Waals surface area contributed by atoms with Crippen LogP contribution in [0.15, 0.2) is 0 Å². The van der Waals surface area contributed by atoms with Gasteiger partial charge in [0.25, 0.3) is 0 Å². The second kappa shape index (κ2) is 3.91. The summed E-state index contributed by atoms with van der Waals surface area (Å²) in [4.78, 5) is 0. The van der Waals surface area contributed by atoms with Crippen molar-refractivity contribution in [3.8, 4) is 0 Å². The lowest BCUT2D eigenvalue weighted by molar-refractivity contribution is 0.287. The van der Waals surface area contributed by atoms with Gasteiger partial charge in [0, 0.05) is 6.04 Å². The Hall–Kier alpha value is -0.120. The molecule has 0 heterocycles. The second-order valence-corrected chi connectivity index (χ2v) is 2.48. The zero-order valence-electron chi connectivity index (χ0n) is 7.28. The van der Waals surface area contributed by atoms with Gasteiger partial charge in [0.05, 0.1) is 5.66 Å². The molecule has 1 atom stereocenters. The zero-order valence-corrected chi connectivity index (χ0v) is 7.28. The maximum Gasteiger partial charge on any atom is 0.0838 e. The Bertz CT molecular complexity index is 88.9. The minimum absolute atomic E-state index is 0.269. The molecule has 0 spiro atoms. The van der Waals surface area contributed by atoms with Gasteiger partial charge in [0.15, 0.2) is 0 Å². The van der Waals surface area contributed by atoms with Crippen LogP contribution in [0.1, 0.15) is 6.92 Å². The summed E-state index contributed by atoms with van der Waals surface area (Å²) in [6.07, 6.45) is 0. The van der Waals surface area contributed by atoms with Crippen LogP contribution in [0.5, 0.6) is 0 Å². The highest BCUT2D eigenvalue weighted by molar-refractivity contribution is 4.94. The van der Waals surface area contributed by atoms with Gasteiger partial charge in [-0.3, -0.25) is 0 Å². The van der Waals surface area contributed by atoms with Crippen LogP contribution in [-0.4, -0.2) is 32.8 Å². The van der Waals surface area contributed by atoms with Crippen LogP contribution < -0.4 is 16.0 Å². The van der Waals surface area contributed by atoms with E-state index < -0.39 is 0 Å². The van der Waals surface area contributed by atoms with Crippen molar-refractivity contribution in [1.82, 2.24) is 16.0 Å².